The van der Waals surface area contributed by atoms with Crippen LogP contribution in [0.5, 0.6) is 5.75 Å². The van der Waals surface area contributed by atoms with Crippen LogP contribution in [0.25, 0.3) is 10.2 Å². The maximum absolute atomic E-state index is 12.4. The van der Waals surface area contributed by atoms with E-state index in [1.807, 2.05) is 24.3 Å². The second-order valence-corrected chi connectivity index (χ2v) is 8.08. The summed E-state index contributed by atoms with van der Waals surface area (Å²) in [5.41, 5.74) is 0.993. The van der Waals surface area contributed by atoms with Crippen molar-refractivity contribution in [2.24, 2.45) is 0 Å². The van der Waals surface area contributed by atoms with E-state index in [9.17, 15) is 8.42 Å². The van der Waals surface area contributed by atoms with E-state index in [0.29, 0.717) is 18.7 Å². The molecule has 24 heavy (non-hydrogen) atoms. The van der Waals surface area contributed by atoms with Crippen molar-refractivity contribution in [1.82, 2.24) is 9.71 Å². The number of methoxy groups -OCH3 is 1. The molecule has 0 spiro atoms. The van der Waals surface area contributed by atoms with Crippen LogP contribution in [-0.4, -0.2) is 27.1 Å². The summed E-state index contributed by atoms with van der Waals surface area (Å²) in [6, 6.07) is 14.6. The number of thiazole rings is 1. The Morgan fingerprint density at radius 3 is 2.67 bits per heavy atom. The predicted molar refractivity (Wildman–Crippen MR) is 96.1 cm³/mol. The Morgan fingerprint density at radius 2 is 1.88 bits per heavy atom. The largest absolute Gasteiger partial charge is 0.495 e. The lowest BCUT2D eigenvalue weighted by Crippen LogP contribution is -2.25. The van der Waals surface area contributed by atoms with Crippen LogP contribution in [0, 0.1) is 0 Å². The van der Waals surface area contributed by atoms with Gasteiger partial charge in [0.15, 0.2) is 0 Å². The molecule has 7 heteroatoms. The van der Waals surface area contributed by atoms with Gasteiger partial charge in [-0.2, -0.15) is 0 Å². The molecule has 0 aliphatic heterocycles. The van der Waals surface area contributed by atoms with Crippen LogP contribution >= 0.6 is 11.3 Å². The first-order valence-corrected chi connectivity index (χ1v) is 9.87. The minimum absolute atomic E-state index is 0.160. The Kier molecular flexibility index (Phi) is 5.13. The lowest BCUT2D eigenvalue weighted by molar-refractivity contribution is 0.402. The Bertz CT molecular complexity index is 903. The third kappa shape index (κ3) is 3.75. The third-order valence-electron chi connectivity index (χ3n) is 3.56. The Labute approximate surface area is 145 Å². The molecule has 3 rings (SSSR count). The van der Waals surface area contributed by atoms with Gasteiger partial charge in [-0.3, -0.25) is 0 Å². The number of fused-ring (bicyclic) bond motifs is 1. The Morgan fingerprint density at radius 1 is 1.12 bits per heavy atom. The summed E-state index contributed by atoms with van der Waals surface area (Å²) in [6.07, 6.45) is 1.43. The molecule has 0 bridgehead atoms. The predicted octanol–water partition coefficient (Wildman–Crippen LogP) is 3.22. The minimum Gasteiger partial charge on any atom is -0.495 e. The van der Waals surface area contributed by atoms with Gasteiger partial charge in [0.25, 0.3) is 0 Å². The van der Waals surface area contributed by atoms with E-state index < -0.39 is 10.0 Å². The molecule has 1 aromatic heterocycles. The summed E-state index contributed by atoms with van der Waals surface area (Å²) in [5, 5.41) is 1.02. The quantitative estimate of drug-likeness (QED) is 0.655. The molecule has 1 N–H and O–H groups in total. The number of sulfonamides is 1. The van der Waals surface area contributed by atoms with Crippen LogP contribution < -0.4 is 9.46 Å². The first kappa shape index (κ1) is 16.9. The highest BCUT2D eigenvalue weighted by Gasteiger charge is 2.18. The molecule has 126 valence electrons. The van der Waals surface area contributed by atoms with Gasteiger partial charge in [-0.05, 0) is 30.7 Å². The van der Waals surface area contributed by atoms with Gasteiger partial charge in [-0.15, -0.1) is 11.3 Å². The average Bonchev–Trinajstić information content (AvgIpc) is 3.01. The molecule has 0 unspecified atom stereocenters. The average molecular weight is 362 g/mol. The summed E-state index contributed by atoms with van der Waals surface area (Å²) in [4.78, 5) is 4.71. The number of ether oxygens (including phenoxy) is 1. The van der Waals surface area contributed by atoms with E-state index in [0.717, 1.165) is 21.6 Å². The van der Waals surface area contributed by atoms with Crippen molar-refractivity contribution >= 4 is 31.6 Å². The summed E-state index contributed by atoms with van der Waals surface area (Å²) in [7, 11) is -2.11. The minimum atomic E-state index is -3.57. The van der Waals surface area contributed by atoms with E-state index >= 15 is 0 Å². The topological polar surface area (TPSA) is 68.3 Å². The second kappa shape index (κ2) is 7.29. The van der Waals surface area contributed by atoms with E-state index in [-0.39, 0.29) is 4.90 Å². The molecule has 0 saturated heterocycles. The molecular weight excluding hydrogens is 344 g/mol. The highest BCUT2D eigenvalue weighted by atomic mass is 32.2. The molecule has 0 fully saturated rings. The van der Waals surface area contributed by atoms with Crippen LogP contribution in [0.4, 0.5) is 0 Å². The Hall–Kier alpha value is -1.96. The fraction of sp³-hybridized carbons (Fsp3) is 0.235. The van der Waals surface area contributed by atoms with Crippen molar-refractivity contribution in [3.63, 3.8) is 0 Å². The number of nitrogens with zero attached hydrogens (tertiary/aromatic N) is 1. The number of rotatable bonds is 7. The van der Waals surface area contributed by atoms with Gasteiger partial charge < -0.3 is 4.74 Å². The number of aromatic nitrogens is 1. The second-order valence-electron chi connectivity index (χ2n) is 5.23. The molecular formula is C17H18N2O3S2. The van der Waals surface area contributed by atoms with Crippen LogP contribution in [0.1, 0.15) is 11.4 Å². The number of nitrogens with one attached hydrogen (secondary N) is 1. The molecule has 0 aliphatic rings. The van der Waals surface area contributed by atoms with E-state index in [2.05, 4.69) is 9.71 Å². The number of hydrogen-bond acceptors (Lipinski definition) is 5. The van der Waals surface area contributed by atoms with Crippen LogP contribution in [0.15, 0.2) is 53.4 Å². The van der Waals surface area contributed by atoms with Crippen molar-refractivity contribution in [3.8, 4) is 5.75 Å². The zero-order valence-corrected chi connectivity index (χ0v) is 14.9. The fourth-order valence-electron chi connectivity index (χ4n) is 2.39. The number of para-hydroxylation sites is 2. The smallest absolute Gasteiger partial charge is 0.244 e. The molecule has 1 heterocycles. The SMILES string of the molecule is COc1ccccc1S(=O)(=O)NCCCc1nc2ccccc2s1. The van der Waals surface area contributed by atoms with Crippen molar-refractivity contribution in [2.75, 3.05) is 13.7 Å². The van der Waals surface area contributed by atoms with Gasteiger partial charge in [-0.1, -0.05) is 24.3 Å². The maximum Gasteiger partial charge on any atom is 0.244 e. The molecule has 0 saturated carbocycles. The van der Waals surface area contributed by atoms with Crippen molar-refractivity contribution in [2.45, 2.75) is 17.7 Å². The fourth-order valence-corrected chi connectivity index (χ4v) is 4.64. The zero-order chi connectivity index (χ0) is 17.0. The normalized spacial score (nSPS) is 11.7. The van der Waals surface area contributed by atoms with Crippen molar-refractivity contribution in [1.29, 1.82) is 0 Å². The summed E-state index contributed by atoms with van der Waals surface area (Å²) in [6.45, 7) is 0.357. The van der Waals surface area contributed by atoms with Gasteiger partial charge in [0.2, 0.25) is 10.0 Å². The lowest BCUT2D eigenvalue weighted by Gasteiger charge is -2.10. The highest BCUT2D eigenvalue weighted by Crippen LogP contribution is 2.23. The number of hydrogen-bond donors (Lipinski definition) is 1. The number of aryl methyl sites for hydroxylation is 1. The maximum atomic E-state index is 12.4. The van der Waals surface area contributed by atoms with E-state index in [1.54, 1.807) is 29.5 Å². The number of benzene rings is 2. The third-order valence-corrected chi connectivity index (χ3v) is 6.15. The van der Waals surface area contributed by atoms with Crippen molar-refractivity contribution < 1.29 is 13.2 Å². The van der Waals surface area contributed by atoms with Crippen molar-refractivity contribution in [3.05, 3.63) is 53.5 Å². The van der Waals surface area contributed by atoms with Gasteiger partial charge in [-0.25, -0.2) is 18.1 Å². The van der Waals surface area contributed by atoms with Gasteiger partial charge in [0.05, 0.1) is 22.3 Å². The van der Waals surface area contributed by atoms with Crippen LogP contribution in [0.2, 0.25) is 0 Å². The molecule has 2 aromatic carbocycles. The van der Waals surface area contributed by atoms with Crippen LogP contribution in [-0.2, 0) is 16.4 Å². The Balaban J connectivity index is 1.59. The standard InChI is InChI=1S/C17H18N2O3S2/c1-22-14-8-3-5-10-16(14)24(20,21)18-12-6-11-17-19-13-7-2-4-9-15(13)23-17/h2-5,7-10,18H,6,11-12H2,1H3. The summed E-state index contributed by atoms with van der Waals surface area (Å²) >= 11 is 1.65. The van der Waals surface area contributed by atoms with E-state index in [4.69, 9.17) is 4.74 Å². The van der Waals surface area contributed by atoms with Gasteiger partial charge in [0.1, 0.15) is 10.6 Å². The molecule has 0 aliphatic carbocycles. The molecule has 0 atom stereocenters. The molecule has 5 nitrogen and oxygen atoms in total. The zero-order valence-electron chi connectivity index (χ0n) is 13.2. The van der Waals surface area contributed by atoms with E-state index in [1.165, 1.54) is 13.2 Å². The highest BCUT2D eigenvalue weighted by molar-refractivity contribution is 7.89. The summed E-state index contributed by atoms with van der Waals surface area (Å²) < 4.78 is 33.6. The lowest BCUT2D eigenvalue weighted by atomic mass is 10.3. The first-order chi connectivity index (χ1) is 11.6. The summed E-state index contributed by atoms with van der Waals surface area (Å²) in [5.74, 6) is 0.344. The first-order valence-electron chi connectivity index (χ1n) is 7.57. The van der Waals surface area contributed by atoms with Gasteiger partial charge in [0, 0.05) is 13.0 Å². The molecule has 3 aromatic rings. The van der Waals surface area contributed by atoms with Crippen LogP contribution in [0.3, 0.4) is 0 Å². The molecule has 0 amide bonds. The molecule has 0 radical (unpaired) electrons. The van der Waals surface area contributed by atoms with Gasteiger partial charge >= 0.3 is 0 Å². The monoisotopic (exact) mass is 362 g/mol.